The number of nitrogens with one attached hydrogen (secondary N) is 1. The summed E-state index contributed by atoms with van der Waals surface area (Å²) in [6.07, 6.45) is 0.157. The van der Waals surface area contributed by atoms with Crippen molar-refractivity contribution < 1.29 is 14.2 Å². The van der Waals surface area contributed by atoms with Crippen molar-refractivity contribution in [3.05, 3.63) is 24.0 Å². The van der Waals surface area contributed by atoms with Gasteiger partial charge >= 0.3 is 0 Å². The summed E-state index contributed by atoms with van der Waals surface area (Å²) in [5.41, 5.74) is 0.856. The Morgan fingerprint density at radius 1 is 1.15 bits per heavy atom. The molecule has 108 valence electrons. The third-order valence-corrected chi connectivity index (χ3v) is 2.73. The number of ether oxygens (including phenoxy) is 3. The van der Waals surface area contributed by atoms with Crippen LogP contribution in [0, 0.1) is 0 Å². The van der Waals surface area contributed by atoms with E-state index in [0.29, 0.717) is 29.8 Å². The Labute approximate surface area is 118 Å². The number of rotatable bonds is 6. The Hall–Kier alpha value is -2.08. The fraction of sp³-hybridized carbons (Fsp3) is 0.429. The van der Waals surface area contributed by atoms with Gasteiger partial charge in [0.15, 0.2) is 23.1 Å². The minimum atomic E-state index is 0.157. The molecule has 0 aliphatic carbocycles. The van der Waals surface area contributed by atoms with E-state index in [9.17, 15) is 0 Å². The molecule has 0 saturated carbocycles. The monoisotopic (exact) mass is 277 g/mol. The van der Waals surface area contributed by atoms with Gasteiger partial charge in [-0.2, -0.15) is 5.10 Å². The first-order valence-corrected chi connectivity index (χ1v) is 6.39. The smallest absolute Gasteiger partial charge is 0.181 e. The van der Waals surface area contributed by atoms with Crippen LogP contribution in [-0.4, -0.2) is 35.5 Å². The molecular formula is C14H19N3O3. The largest absolute Gasteiger partial charge is 0.493 e. The predicted octanol–water partition coefficient (Wildman–Crippen LogP) is 2.41. The summed E-state index contributed by atoms with van der Waals surface area (Å²) < 4.78 is 16.0. The number of H-pyrrole nitrogens is 1. The predicted molar refractivity (Wildman–Crippen MR) is 74.8 cm³/mol. The molecule has 1 heterocycles. The van der Waals surface area contributed by atoms with Crippen LogP contribution in [0.4, 0.5) is 0 Å². The molecule has 0 bridgehead atoms. The third-order valence-electron chi connectivity index (χ3n) is 2.73. The van der Waals surface area contributed by atoms with Crippen molar-refractivity contribution in [3.63, 3.8) is 0 Å². The summed E-state index contributed by atoms with van der Waals surface area (Å²) in [5.74, 6) is 2.63. The van der Waals surface area contributed by atoms with Gasteiger partial charge in [0.2, 0.25) is 0 Å². The first-order chi connectivity index (χ1) is 9.63. The first kappa shape index (κ1) is 14.3. The van der Waals surface area contributed by atoms with Crippen molar-refractivity contribution in [1.82, 2.24) is 15.2 Å². The average molecular weight is 277 g/mol. The van der Waals surface area contributed by atoms with E-state index >= 15 is 0 Å². The molecule has 0 saturated heterocycles. The van der Waals surface area contributed by atoms with Crippen LogP contribution >= 0.6 is 0 Å². The summed E-state index contributed by atoms with van der Waals surface area (Å²) in [5, 5.41) is 7.05. The number of methoxy groups -OCH3 is 2. The molecule has 20 heavy (non-hydrogen) atoms. The summed E-state index contributed by atoms with van der Waals surface area (Å²) >= 11 is 0. The molecule has 2 aromatic rings. The molecule has 0 amide bonds. The molecular weight excluding hydrogens is 258 g/mol. The standard InChI is InChI=1S/C14H19N3O3/c1-9(2)20-8-13-15-14(17-16-13)10-5-6-11(18-3)12(7-10)19-4/h5-7,9H,8H2,1-4H3,(H,15,16,17). The highest BCUT2D eigenvalue weighted by molar-refractivity contribution is 5.60. The van der Waals surface area contributed by atoms with Crippen LogP contribution in [0.3, 0.4) is 0 Å². The summed E-state index contributed by atoms with van der Waals surface area (Å²) in [6, 6.07) is 5.56. The fourth-order valence-electron chi connectivity index (χ4n) is 1.71. The molecule has 0 atom stereocenters. The number of nitrogens with zero attached hydrogens (tertiary/aromatic N) is 2. The normalized spacial score (nSPS) is 10.8. The number of aromatic nitrogens is 3. The SMILES string of the molecule is COc1ccc(-c2n[nH]c(COC(C)C)n2)cc1OC. The Balaban J connectivity index is 2.19. The van der Waals surface area contributed by atoms with E-state index in [0.717, 1.165) is 5.56 Å². The lowest BCUT2D eigenvalue weighted by molar-refractivity contribution is 0.0615. The Kier molecular flexibility index (Phi) is 4.57. The molecule has 0 fully saturated rings. The third kappa shape index (κ3) is 3.27. The molecule has 0 radical (unpaired) electrons. The van der Waals surface area contributed by atoms with Crippen LogP contribution < -0.4 is 9.47 Å². The van der Waals surface area contributed by atoms with E-state index in [1.807, 2.05) is 32.0 Å². The van der Waals surface area contributed by atoms with E-state index in [1.165, 1.54) is 0 Å². The van der Waals surface area contributed by atoms with E-state index in [2.05, 4.69) is 15.2 Å². The molecule has 0 spiro atoms. The molecule has 0 aliphatic heterocycles. The van der Waals surface area contributed by atoms with Crippen LogP contribution in [0.5, 0.6) is 11.5 Å². The summed E-state index contributed by atoms with van der Waals surface area (Å²) in [6.45, 7) is 4.37. The molecule has 1 N–H and O–H groups in total. The van der Waals surface area contributed by atoms with Crippen molar-refractivity contribution in [1.29, 1.82) is 0 Å². The first-order valence-electron chi connectivity index (χ1n) is 6.39. The van der Waals surface area contributed by atoms with Gasteiger partial charge in [0.1, 0.15) is 6.61 Å². The Morgan fingerprint density at radius 3 is 2.55 bits per heavy atom. The Bertz CT molecular complexity index is 567. The van der Waals surface area contributed by atoms with Crippen LogP contribution in [0.15, 0.2) is 18.2 Å². The Morgan fingerprint density at radius 2 is 1.90 bits per heavy atom. The van der Waals surface area contributed by atoms with Crippen molar-refractivity contribution in [2.24, 2.45) is 0 Å². The van der Waals surface area contributed by atoms with E-state index < -0.39 is 0 Å². The second kappa shape index (κ2) is 6.38. The zero-order valence-corrected chi connectivity index (χ0v) is 12.1. The van der Waals surface area contributed by atoms with Gasteiger partial charge in [-0.3, -0.25) is 5.10 Å². The highest BCUT2D eigenvalue weighted by atomic mass is 16.5. The number of aromatic amines is 1. The van der Waals surface area contributed by atoms with E-state index in [-0.39, 0.29) is 6.10 Å². The number of hydrogen-bond acceptors (Lipinski definition) is 5. The zero-order valence-electron chi connectivity index (χ0n) is 12.1. The minimum absolute atomic E-state index is 0.157. The lowest BCUT2D eigenvalue weighted by Gasteiger charge is -2.07. The average Bonchev–Trinajstić information content (AvgIpc) is 2.93. The molecule has 2 rings (SSSR count). The van der Waals surface area contributed by atoms with Crippen LogP contribution in [0.1, 0.15) is 19.7 Å². The van der Waals surface area contributed by atoms with Gasteiger partial charge < -0.3 is 14.2 Å². The van der Waals surface area contributed by atoms with Gasteiger partial charge in [0.05, 0.1) is 20.3 Å². The van der Waals surface area contributed by atoms with Gasteiger partial charge in [0, 0.05) is 5.56 Å². The summed E-state index contributed by atoms with van der Waals surface area (Å²) in [7, 11) is 3.20. The molecule has 6 heteroatoms. The topological polar surface area (TPSA) is 69.3 Å². The maximum Gasteiger partial charge on any atom is 0.181 e. The van der Waals surface area contributed by atoms with Gasteiger partial charge in [-0.1, -0.05) is 0 Å². The number of benzene rings is 1. The van der Waals surface area contributed by atoms with Crippen molar-refractivity contribution in [2.45, 2.75) is 26.6 Å². The van der Waals surface area contributed by atoms with Crippen molar-refractivity contribution >= 4 is 0 Å². The lowest BCUT2D eigenvalue weighted by atomic mass is 10.2. The molecule has 1 aromatic heterocycles. The summed E-state index contributed by atoms with van der Waals surface area (Å²) in [4.78, 5) is 4.40. The lowest BCUT2D eigenvalue weighted by Crippen LogP contribution is -2.03. The van der Waals surface area contributed by atoms with Gasteiger partial charge in [-0.25, -0.2) is 4.98 Å². The van der Waals surface area contributed by atoms with Crippen molar-refractivity contribution in [3.8, 4) is 22.9 Å². The van der Waals surface area contributed by atoms with E-state index in [1.54, 1.807) is 14.2 Å². The van der Waals surface area contributed by atoms with Crippen LogP contribution in [0.25, 0.3) is 11.4 Å². The van der Waals surface area contributed by atoms with Crippen LogP contribution in [-0.2, 0) is 11.3 Å². The van der Waals surface area contributed by atoms with Gasteiger partial charge in [0.25, 0.3) is 0 Å². The van der Waals surface area contributed by atoms with Crippen LogP contribution in [0.2, 0.25) is 0 Å². The highest BCUT2D eigenvalue weighted by Crippen LogP contribution is 2.30. The molecule has 0 unspecified atom stereocenters. The second-order valence-corrected chi connectivity index (χ2v) is 4.54. The molecule has 6 nitrogen and oxygen atoms in total. The molecule has 1 aromatic carbocycles. The highest BCUT2D eigenvalue weighted by Gasteiger charge is 2.10. The minimum Gasteiger partial charge on any atom is -0.493 e. The number of hydrogen-bond donors (Lipinski definition) is 1. The fourth-order valence-corrected chi connectivity index (χ4v) is 1.71. The van der Waals surface area contributed by atoms with Gasteiger partial charge in [-0.05, 0) is 32.0 Å². The van der Waals surface area contributed by atoms with Crippen molar-refractivity contribution in [2.75, 3.05) is 14.2 Å². The second-order valence-electron chi connectivity index (χ2n) is 4.54. The quantitative estimate of drug-likeness (QED) is 0.878. The maximum atomic E-state index is 5.48. The zero-order chi connectivity index (χ0) is 14.5. The van der Waals surface area contributed by atoms with E-state index in [4.69, 9.17) is 14.2 Å². The molecule has 0 aliphatic rings. The van der Waals surface area contributed by atoms with Gasteiger partial charge in [-0.15, -0.1) is 0 Å². The maximum absolute atomic E-state index is 5.48.